The summed E-state index contributed by atoms with van der Waals surface area (Å²) >= 11 is 1.60. The molecule has 22 heavy (non-hydrogen) atoms. The van der Waals surface area contributed by atoms with Crippen molar-refractivity contribution in [1.29, 1.82) is 0 Å². The maximum Gasteiger partial charge on any atom is 0.286 e. The molecule has 0 aliphatic carbocycles. The van der Waals surface area contributed by atoms with Crippen molar-refractivity contribution < 1.29 is 9.82 Å². The zero-order valence-corrected chi connectivity index (χ0v) is 12.5. The Morgan fingerprint density at radius 3 is 2.73 bits per heavy atom. The highest BCUT2D eigenvalue weighted by Gasteiger charge is 2.12. The molecule has 3 rings (SSSR count). The molecule has 0 amide bonds. The lowest BCUT2D eigenvalue weighted by Crippen LogP contribution is -2.86. The smallest absolute Gasteiger partial charge is 0.286 e. The molecule has 0 unspecified atom stereocenters. The van der Waals surface area contributed by atoms with E-state index < -0.39 is 0 Å². The molecule has 112 valence electrons. The van der Waals surface area contributed by atoms with Gasteiger partial charge in [-0.25, -0.2) is 14.8 Å². The molecular weight excluding hydrogens is 301 g/mol. The van der Waals surface area contributed by atoms with Crippen molar-refractivity contribution in [3.63, 3.8) is 0 Å². The third kappa shape index (κ3) is 3.28. The lowest BCUT2D eigenvalue weighted by molar-refractivity contribution is -0.587. The summed E-state index contributed by atoms with van der Waals surface area (Å²) in [6.07, 6.45) is 1.70. The van der Waals surface area contributed by atoms with Gasteiger partial charge in [0.05, 0.1) is 11.1 Å². The van der Waals surface area contributed by atoms with E-state index in [-0.39, 0.29) is 5.82 Å². The Hall–Kier alpha value is -2.35. The van der Waals surface area contributed by atoms with Crippen LogP contribution in [0.2, 0.25) is 0 Å². The first-order chi connectivity index (χ1) is 10.8. The summed E-state index contributed by atoms with van der Waals surface area (Å²) in [5.74, 6) is 6.54. The Bertz CT molecular complexity index is 743. The van der Waals surface area contributed by atoms with Crippen molar-refractivity contribution in [2.75, 3.05) is 5.32 Å². The maximum atomic E-state index is 12.9. The Labute approximate surface area is 131 Å². The molecule has 0 aliphatic heterocycles. The molecule has 0 aliphatic rings. The Morgan fingerprint density at radius 2 is 2.05 bits per heavy atom. The average molecular weight is 316 g/mol. The number of hydrogen-bond donors (Lipinski definition) is 3. The fourth-order valence-electron chi connectivity index (χ4n) is 1.98. The number of benzene rings is 1. The summed E-state index contributed by atoms with van der Waals surface area (Å²) in [4.78, 5) is 9.93. The van der Waals surface area contributed by atoms with E-state index in [0.29, 0.717) is 18.2 Å². The van der Waals surface area contributed by atoms with Crippen molar-refractivity contribution in [2.24, 2.45) is 5.84 Å². The summed E-state index contributed by atoms with van der Waals surface area (Å²) in [5, 5.41) is 5.19. The molecule has 0 fully saturated rings. The number of quaternary nitrogens is 1. The van der Waals surface area contributed by atoms with Gasteiger partial charge in [0.2, 0.25) is 5.82 Å². The van der Waals surface area contributed by atoms with Gasteiger partial charge in [0.25, 0.3) is 5.82 Å². The van der Waals surface area contributed by atoms with Crippen LogP contribution in [0.4, 0.5) is 16.0 Å². The molecule has 2 heterocycles. The highest BCUT2D eigenvalue weighted by Crippen LogP contribution is 2.24. The van der Waals surface area contributed by atoms with Gasteiger partial charge in [-0.15, -0.1) is 11.3 Å². The normalized spacial score (nSPS) is 10.6. The van der Waals surface area contributed by atoms with E-state index >= 15 is 0 Å². The number of nitrogens with two attached hydrogens (primary N) is 2. The minimum absolute atomic E-state index is 0.251. The highest BCUT2D eigenvalue weighted by molar-refractivity contribution is 7.13. The topological polar surface area (TPSA) is 80.4 Å². The predicted molar refractivity (Wildman–Crippen MR) is 84.8 cm³/mol. The number of aromatic nitrogens is 2. The summed E-state index contributed by atoms with van der Waals surface area (Å²) < 4.78 is 12.9. The first kappa shape index (κ1) is 14.6. The van der Waals surface area contributed by atoms with Crippen LogP contribution >= 0.6 is 11.3 Å². The Balaban J connectivity index is 1.81. The standard InChI is InChI=1S/C15H14FN5S/c16-11-5-3-10(4-6-11)8-18-14-15(21-17)19-9-12(20-14)13-2-1-7-22-13/h1-7,9H,8,17H2,(H,18,20)(H,19,21)/p+1. The van der Waals surface area contributed by atoms with Gasteiger partial charge in [0, 0.05) is 6.54 Å². The largest absolute Gasteiger partial charge is 0.359 e. The van der Waals surface area contributed by atoms with Gasteiger partial charge in [-0.2, -0.15) is 10.8 Å². The number of hydrogen-bond acceptors (Lipinski definition) is 5. The number of rotatable bonds is 5. The first-order valence-electron chi connectivity index (χ1n) is 6.70. The van der Waals surface area contributed by atoms with Gasteiger partial charge in [-0.3, -0.25) is 0 Å². The van der Waals surface area contributed by atoms with Gasteiger partial charge in [0.15, 0.2) is 0 Å². The first-order valence-corrected chi connectivity index (χ1v) is 7.58. The van der Waals surface area contributed by atoms with Gasteiger partial charge in [-0.05, 0) is 29.1 Å². The monoisotopic (exact) mass is 316 g/mol. The minimum Gasteiger partial charge on any atom is -0.359 e. The number of anilines is 1. The van der Waals surface area contributed by atoms with Crippen LogP contribution in [0.1, 0.15) is 5.56 Å². The number of halogens is 1. The molecule has 0 spiro atoms. The molecule has 7 heteroatoms. The molecule has 0 radical (unpaired) electrons. The molecule has 0 saturated heterocycles. The van der Waals surface area contributed by atoms with E-state index in [9.17, 15) is 4.39 Å². The van der Waals surface area contributed by atoms with Crippen LogP contribution in [0.5, 0.6) is 0 Å². The van der Waals surface area contributed by atoms with Gasteiger partial charge < -0.3 is 5.32 Å². The SMILES string of the molecule is N[NH2+]c1ncc(-c2cccs2)nc1NCc1ccc(F)cc1. The van der Waals surface area contributed by atoms with Crippen LogP contribution in [0, 0.1) is 5.82 Å². The van der Waals surface area contributed by atoms with Gasteiger partial charge >= 0.3 is 0 Å². The molecule has 1 aromatic carbocycles. The molecular formula is C15H15FN5S+. The molecule has 3 aromatic rings. The van der Waals surface area contributed by atoms with Crippen molar-refractivity contribution in [1.82, 2.24) is 9.97 Å². The number of thiophene rings is 1. The van der Waals surface area contributed by atoms with Crippen molar-refractivity contribution in [2.45, 2.75) is 6.54 Å². The van der Waals surface area contributed by atoms with E-state index in [4.69, 9.17) is 5.84 Å². The third-order valence-corrected chi connectivity index (χ3v) is 4.00. The van der Waals surface area contributed by atoms with Crippen LogP contribution in [0.15, 0.2) is 48.0 Å². The summed E-state index contributed by atoms with van der Waals surface area (Å²) in [6, 6.07) is 10.3. The molecule has 5 nitrogen and oxygen atoms in total. The average Bonchev–Trinajstić information content (AvgIpc) is 3.08. The molecule has 0 saturated carbocycles. The fraction of sp³-hybridized carbons (Fsp3) is 0.0667. The van der Waals surface area contributed by atoms with Crippen molar-refractivity contribution >= 4 is 23.0 Å². The second-order valence-electron chi connectivity index (χ2n) is 4.61. The second-order valence-corrected chi connectivity index (χ2v) is 5.56. The van der Waals surface area contributed by atoms with Gasteiger partial charge in [0.1, 0.15) is 11.5 Å². The van der Waals surface area contributed by atoms with Crippen LogP contribution in [0.3, 0.4) is 0 Å². The Kier molecular flexibility index (Phi) is 4.38. The lowest BCUT2D eigenvalue weighted by Gasteiger charge is -2.08. The van der Waals surface area contributed by atoms with E-state index in [1.807, 2.05) is 17.5 Å². The maximum absolute atomic E-state index is 12.9. The third-order valence-electron chi connectivity index (χ3n) is 3.11. The zero-order chi connectivity index (χ0) is 15.4. The summed E-state index contributed by atoms with van der Waals surface area (Å²) in [7, 11) is 0. The van der Waals surface area contributed by atoms with Crippen molar-refractivity contribution in [3.05, 3.63) is 59.4 Å². The van der Waals surface area contributed by atoms with Crippen LogP contribution in [0.25, 0.3) is 10.6 Å². The molecule has 5 N–H and O–H groups in total. The molecule has 0 bridgehead atoms. The summed E-state index contributed by atoms with van der Waals surface area (Å²) in [6.45, 7) is 0.518. The van der Waals surface area contributed by atoms with Crippen LogP contribution in [-0.2, 0) is 6.54 Å². The molecule has 0 atom stereocenters. The van der Waals surface area contributed by atoms with Gasteiger partial charge in [-0.1, -0.05) is 18.2 Å². The van der Waals surface area contributed by atoms with Crippen molar-refractivity contribution in [3.8, 4) is 10.6 Å². The summed E-state index contributed by atoms with van der Waals surface area (Å²) in [5.41, 5.74) is 3.16. The lowest BCUT2D eigenvalue weighted by atomic mass is 10.2. The van der Waals surface area contributed by atoms with E-state index in [1.165, 1.54) is 17.6 Å². The van der Waals surface area contributed by atoms with E-state index in [0.717, 1.165) is 16.1 Å². The predicted octanol–water partition coefficient (Wildman–Crippen LogP) is 2.02. The quantitative estimate of drug-likeness (QED) is 0.497. The highest BCUT2D eigenvalue weighted by atomic mass is 32.1. The second kappa shape index (κ2) is 6.61. The number of nitrogens with one attached hydrogen (secondary N) is 1. The van der Waals surface area contributed by atoms with Crippen LogP contribution < -0.4 is 16.6 Å². The minimum atomic E-state index is -0.251. The molecule has 2 aromatic heterocycles. The zero-order valence-electron chi connectivity index (χ0n) is 11.7. The fourth-order valence-corrected chi connectivity index (χ4v) is 2.66. The van der Waals surface area contributed by atoms with E-state index in [2.05, 4.69) is 15.3 Å². The van der Waals surface area contributed by atoms with E-state index in [1.54, 1.807) is 29.7 Å². The number of nitrogens with zero attached hydrogens (tertiary/aromatic N) is 2. The van der Waals surface area contributed by atoms with Crippen LogP contribution in [-0.4, -0.2) is 9.97 Å². The Morgan fingerprint density at radius 1 is 1.23 bits per heavy atom.